The Morgan fingerprint density at radius 3 is 2.49 bits per heavy atom. The molecule has 2 N–H and O–H groups in total. The highest BCUT2D eigenvalue weighted by atomic mass is 79.9. The lowest BCUT2D eigenvalue weighted by Gasteiger charge is -2.09. The number of hydrogen-bond donors (Lipinski definition) is 2. The average molecular weight is 586 g/mol. The highest BCUT2D eigenvalue weighted by molar-refractivity contribution is 9.10. The average Bonchev–Trinajstić information content (AvgIpc) is 3.36. The van der Waals surface area contributed by atoms with Gasteiger partial charge in [0.1, 0.15) is 23.0 Å². The molecule has 0 unspecified atom stereocenters. The molecule has 0 bridgehead atoms. The Hall–Kier alpha value is -4.76. The summed E-state index contributed by atoms with van der Waals surface area (Å²) in [6, 6.07) is 25.5. The zero-order chi connectivity index (χ0) is 27.4. The summed E-state index contributed by atoms with van der Waals surface area (Å²) in [6.45, 7) is 0. The number of carbonyl (C=O) groups excluding carboxylic acids is 2. The predicted molar refractivity (Wildman–Crippen MR) is 151 cm³/mol. The second kappa shape index (κ2) is 11.3. The van der Waals surface area contributed by atoms with Crippen LogP contribution < -0.4 is 14.9 Å². The van der Waals surface area contributed by atoms with Crippen molar-refractivity contribution in [2.24, 2.45) is 5.10 Å². The van der Waals surface area contributed by atoms with Crippen molar-refractivity contribution in [3.63, 3.8) is 0 Å². The number of fused-ring (bicyclic) bond motifs is 1. The molecule has 0 radical (unpaired) electrons. The Morgan fingerprint density at radius 2 is 1.74 bits per heavy atom. The van der Waals surface area contributed by atoms with Gasteiger partial charge >= 0.3 is 5.97 Å². The number of aromatic nitrogens is 1. The van der Waals surface area contributed by atoms with E-state index in [-0.39, 0.29) is 17.0 Å². The van der Waals surface area contributed by atoms with Crippen LogP contribution in [0.2, 0.25) is 0 Å². The molecule has 0 saturated heterocycles. The Kier molecular flexibility index (Phi) is 7.51. The molecular formula is C30H21BrFN3O4. The zero-order valence-electron chi connectivity index (χ0n) is 20.6. The summed E-state index contributed by atoms with van der Waals surface area (Å²) in [5.74, 6) is -0.731. The number of halogens is 2. The molecule has 1 heterocycles. The molecule has 0 aliphatic rings. The number of benzene rings is 4. The standard InChI is InChI=1S/C30H21BrFN3O4/c1-38-22-13-10-19(11-14-22)30(37)39-25-15-12-21(31)16-20(25)17-33-35-29(36)28-26(18-6-3-2-4-7-18)23-8-5-9-24(32)27(23)34-28/h2-17,34H,1H3,(H,35,36). The normalized spacial score (nSPS) is 11.1. The second-order valence-corrected chi connectivity index (χ2v) is 9.32. The fourth-order valence-electron chi connectivity index (χ4n) is 4.07. The van der Waals surface area contributed by atoms with Gasteiger partial charge in [-0.3, -0.25) is 4.79 Å². The largest absolute Gasteiger partial charge is 0.497 e. The smallest absolute Gasteiger partial charge is 0.343 e. The third-order valence-electron chi connectivity index (χ3n) is 5.94. The molecule has 9 heteroatoms. The molecule has 1 aromatic heterocycles. The topological polar surface area (TPSA) is 92.8 Å². The molecule has 5 rings (SSSR count). The number of hydrazone groups is 1. The SMILES string of the molecule is COc1ccc(C(=O)Oc2ccc(Br)cc2C=NNC(=O)c2[nH]c3c(F)cccc3c2-c2ccccc2)cc1. The van der Waals surface area contributed by atoms with Crippen molar-refractivity contribution in [2.75, 3.05) is 7.11 Å². The maximum Gasteiger partial charge on any atom is 0.343 e. The fourth-order valence-corrected chi connectivity index (χ4v) is 4.45. The number of methoxy groups -OCH3 is 1. The van der Waals surface area contributed by atoms with E-state index in [1.54, 1.807) is 61.7 Å². The number of nitrogens with one attached hydrogen (secondary N) is 2. The minimum atomic E-state index is -0.564. The van der Waals surface area contributed by atoms with E-state index in [9.17, 15) is 14.0 Å². The van der Waals surface area contributed by atoms with Gasteiger partial charge in [0.15, 0.2) is 0 Å². The lowest BCUT2D eigenvalue weighted by molar-refractivity contribution is 0.0734. The quantitative estimate of drug-likeness (QED) is 0.0958. The van der Waals surface area contributed by atoms with Crippen molar-refractivity contribution < 1.29 is 23.5 Å². The van der Waals surface area contributed by atoms with E-state index in [2.05, 4.69) is 31.4 Å². The lowest BCUT2D eigenvalue weighted by Crippen LogP contribution is -2.19. The number of ether oxygens (including phenoxy) is 2. The minimum absolute atomic E-state index is 0.166. The number of amides is 1. The first-order valence-corrected chi connectivity index (χ1v) is 12.6. The van der Waals surface area contributed by atoms with E-state index in [1.165, 1.54) is 12.3 Å². The summed E-state index contributed by atoms with van der Waals surface area (Å²) < 4.78 is 26.0. The summed E-state index contributed by atoms with van der Waals surface area (Å²) in [5.41, 5.74) is 4.98. The van der Waals surface area contributed by atoms with Gasteiger partial charge in [0.2, 0.25) is 0 Å². The summed E-state index contributed by atoms with van der Waals surface area (Å²) >= 11 is 3.40. The van der Waals surface area contributed by atoms with Crippen LogP contribution in [0.4, 0.5) is 4.39 Å². The number of H-pyrrole nitrogens is 1. The van der Waals surface area contributed by atoms with Crippen molar-refractivity contribution >= 4 is 44.9 Å². The van der Waals surface area contributed by atoms with Crippen LogP contribution in [0.3, 0.4) is 0 Å². The van der Waals surface area contributed by atoms with Crippen molar-refractivity contribution in [3.8, 4) is 22.6 Å². The maximum atomic E-state index is 14.5. The molecular weight excluding hydrogens is 565 g/mol. The van der Waals surface area contributed by atoms with E-state index in [4.69, 9.17) is 9.47 Å². The number of aromatic amines is 1. The third-order valence-corrected chi connectivity index (χ3v) is 6.44. The lowest BCUT2D eigenvalue weighted by atomic mass is 10.0. The molecule has 1 amide bonds. The van der Waals surface area contributed by atoms with Gasteiger partial charge in [0.25, 0.3) is 5.91 Å². The zero-order valence-corrected chi connectivity index (χ0v) is 22.2. The summed E-state index contributed by atoms with van der Waals surface area (Å²) in [6.07, 6.45) is 1.37. The Morgan fingerprint density at radius 1 is 0.974 bits per heavy atom. The van der Waals surface area contributed by atoms with Crippen LogP contribution in [0, 0.1) is 5.82 Å². The van der Waals surface area contributed by atoms with Gasteiger partial charge in [-0.2, -0.15) is 5.10 Å². The molecule has 5 aromatic rings. The first-order chi connectivity index (χ1) is 18.9. The summed E-state index contributed by atoms with van der Waals surface area (Å²) in [5, 5.41) is 4.66. The molecule has 0 aliphatic carbocycles. The van der Waals surface area contributed by atoms with Crippen LogP contribution in [0.15, 0.2) is 101 Å². The monoisotopic (exact) mass is 585 g/mol. The van der Waals surface area contributed by atoms with Crippen LogP contribution >= 0.6 is 15.9 Å². The number of rotatable bonds is 7. The molecule has 0 spiro atoms. The Balaban J connectivity index is 1.40. The van der Waals surface area contributed by atoms with Crippen LogP contribution in [0.1, 0.15) is 26.4 Å². The number of para-hydroxylation sites is 1. The second-order valence-electron chi connectivity index (χ2n) is 8.40. The maximum absolute atomic E-state index is 14.5. The Labute approximate surface area is 231 Å². The van der Waals surface area contributed by atoms with Crippen molar-refractivity contribution in [2.45, 2.75) is 0 Å². The van der Waals surface area contributed by atoms with Gasteiger partial charge in [0.05, 0.1) is 24.4 Å². The van der Waals surface area contributed by atoms with E-state index in [0.29, 0.717) is 27.8 Å². The molecule has 39 heavy (non-hydrogen) atoms. The van der Waals surface area contributed by atoms with Crippen LogP contribution in [-0.4, -0.2) is 30.2 Å². The number of esters is 1. The van der Waals surface area contributed by atoms with Crippen molar-refractivity contribution in [1.82, 2.24) is 10.4 Å². The third kappa shape index (κ3) is 5.58. The van der Waals surface area contributed by atoms with Gasteiger partial charge in [-0.05, 0) is 54.1 Å². The molecule has 7 nitrogen and oxygen atoms in total. The van der Waals surface area contributed by atoms with Crippen molar-refractivity contribution in [1.29, 1.82) is 0 Å². The van der Waals surface area contributed by atoms with E-state index in [1.807, 2.05) is 30.3 Å². The first-order valence-electron chi connectivity index (χ1n) is 11.8. The first kappa shape index (κ1) is 25.9. The van der Waals surface area contributed by atoms with Gasteiger partial charge in [-0.1, -0.05) is 58.4 Å². The summed E-state index contributed by atoms with van der Waals surface area (Å²) in [4.78, 5) is 28.8. The van der Waals surface area contributed by atoms with Crippen molar-refractivity contribution in [3.05, 3.63) is 118 Å². The van der Waals surface area contributed by atoms with Gasteiger partial charge < -0.3 is 14.5 Å². The highest BCUT2D eigenvalue weighted by Gasteiger charge is 2.20. The minimum Gasteiger partial charge on any atom is -0.497 e. The molecule has 4 aromatic carbocycles. The predicted octanol–water partition coefficient (Wildman–Crippen LogP) is 6.73. The van der Waals surface area contributed by atoms with Gasteiger partial charge in [-0.25, -0.2) is 14.6 Å². The number of nitrogens with zero attached hydrogens (tertiary/aromatic N) is 1. The Bertz CT molecular complexity index is 1700. The van der Waals surface area contributed by atoms with E-state index < -0.39 is 17.7 Å². The van der Waals surface area contributed by atoms with Crippen LogP contribution in [-0.2, 0) is 0 Å². The van der Waals surface area contributed by atoms with Crippen LogP contribution in [0.5, 0.6) is 11.5 Å². The van der Waals surface area contributed by atoms with Gasteiger partial charge in [-0.15, -0.1) is 0 Å². The highest BCUT2D eigenvalue weighted by Crippen LogP contribution is 2.33. The van der Waals surface area contributed by atoms with Crippen LogP contribution in [0.25, 0.3) is 22.0 Å². The summed E-state index contributed by atoms with van der Waals surface area (Å²) in [7, 11) is 1.54. The van der Waals surface area contributed by atoms with E-state index >= 15 is 0 Å². The van der Waals surface area contributed by atoms with Gasteiger partial charge in [0, 0.05) is 21.0 Å². The molecule has 194 valence electrons. The fraction of sp³-hybridized carbons (Fsp3) is 0.0333. The van der Waals surface area contributed by atoms with E-state index in [0.717, 1.165) is 10.0 Å². The molecule has 0 fully saturated rings. The molecule has 0 atom stereocenters. The molecule has 0 aliphatic heterocycles. The molecule has 0 saturated carbocycles. The number of carbonyl (C=O) groups is 2. The number of hydrogen-bond acceptors (Lipinski definition) is 5.